The molecule has 0 N–H and O–H groups in total. The summed E-state index contributed by atoms with van der Waals surface area (Å²) in [6, 6.07) is 22.3. The molecule has 0 amide bonds. The number of nitriles is 2. The van der Waals surface area contributed by atoms with Crippen LogP contribution < -0.4 is 0 Å². The van der Waals surface area contributed by atoms with E-state index in [0.717, 1.165) is 37.2 Å². The molecular weight excluding hydrogens is 442 g/mol. The van der Waals surface area contributed by atoms with Gasteiger partial charge in [-0.15, -0.1) is 0 Å². The summed E-state index contributed by atoms with van der Waals surface area (Å²) in [4.78, 5) is 2.41. The number of hydrogen-bond acceptors (Lipinski definition) is 5. The Morgan fingerprint density at radius 2 is 1.44 bits per heavy atom. The number of hydrogen-bond donors (Lipinski definition) is 0. The number of benzene rings is 2. The lowest BCUT2D eigenvalue weighted by Gasteiger charge is -2.46. The van der Waals surface area contributed by atoms with Crippen molar-refractivity contribution in [3.05, 3.63) is 70.8 Å². The van der Waals surface area contributed by atoms with E-state index in [4.69, 9.17) is 5.10 Å². The van der Waals surface area contributed by atoms with Crippen molar-refractivity contribution in [1.82, 2.24) is 9.91 Å². The Labute approximate surface area is 215 Å². The highest BCUT2D eigenvalue weighted by molar-refractivity contribution is 6.05. The van der Waals surface area contributed by atoms with Gasteiger partial charge in [0.15, 0.2) is 0 Å². The standard InChI is InChI=1S/C31H35N5/c1-20-8-12-23(13-9-20)26-25-27(29(25,4)5)31(24-14-10-21(2)11-15-24)22(3)28(35-16-6-7-17-35)30(18-32,19-33)36(31)34-26/h8-15,22,25,27-28H,6-7,16-17H2,1-5H3/t22-,25+,27-,28-,31+/m0/s1. The maximum Gasteiger partial charge on any atom is 0.246 e. The molecule has 2 aromatic carbocycles. The third kappa shape index (κ3) is 2.76. The lowest BCUT2D eigenvalue weighted by Crippen LogP contribution is -2.56. The van der Waals surface area contributed by atoms with Gasteiger partial charge in [-0.1, -0.05) is 80.4 Å². The van der Waals surface area contributed by atoms with Crippen molar-refractivity contribution in [2.75, 3.05) is 13.1 Å². The maximum atomic E-state index is 10.8. The van der Waals surface area contributed by atoms with Gasteiger partial charge in [0, 0.05) is 17.8 Å². The highest BCUT2D eigenvalue weighted by Gasteiger charge is 2.81. The van der Waals surface area contributed by atoms with E-state index in [1.165, 1.54) is 16.7 Å². The molecule has 1 aliphatic carbocycles. The Morgan fingerprint density at radius 3 is 2.00 bits per heavy atom. The average molecular weight is 478 g/mol. The predicted molar refractivity (Wildman–Crippen MR) is 141 cm³/mol. The number of hydrazone groups is 1. The minimum absolute atomic E-state index is 0.00579. The lowest BCUT2D eigenvalue weighted by molar-refractivity contribution is 0.0309. The van der Waals surface area contributed by atoms with Gasteiger partial charge in [-0.05, 0) is 56.3 Å². The van der Waals surface area contributed by atoms with Crippen molar-refractivity contribution < 1.29 is 0 Å². The molecule has 0 spiro atoms. The molecule has 5 heteroatoms. The molecule has 0 bridgehead atoms. The van der Waals surface area contributed by atoms with Gasteiger partial charge in [0.25, 0.3) is 0 Å². The summed E-state index contributed by atoms with van der Waals surface area (Å²) in [5.41, 5.74) is 3.85. The second-order valence-electron chi connectivity index (χ2n) is 12.1. The maximum absolute atomic E-state index is 10.8. The van der Waals surface area contributed by atoms with Gasteiger partial charge in [-0.3, -0.25) is 9.91 Å². The molecule has 0 unspecified atom stereocenters. The van der Waals surface area contributed by atoms with Gasteiger partial charge < -0.3 is 0 Å². The number of nitrogens with zero attached hydrogens (tertiary/aromatic N) is 5. The van der Waals surface area contributed by atoms with Gasteiger partial charge in [-0.25, -0.2) is 0 Å². The highest BCUT2D eigenvalue weighted by atomic mass is 15.6. The first-order chi connectivity index (χ1) is 17.2. The van der Waals surface area contributed by atoms with Crippen molar-refractivity contribution in [2.45, 2.75) is 64.6 Å². The van der Waals surface area contributed by atoms with Gasteiger partial charge in [0.1, 0.15) is 12.1 Å². The van der Waals surface area contributed by atoms with Crippen LogP contribution in [0.2, 0.25) is 0 Å². The summed E-state index contributed by atoms with van der Waals surface area (Å²) in [7, 11) is 0. The van der Waals surface area contributed by atoms with Crippen LogP contribution in [0.3, 0.4) is 0 Å². The first-order valence-corrected chi connectivity index (χ1v) is 13.3. The number of likely N-dealkylation sites (tertiary alicyclic amines) is 1. The number of fused-ring (bicyclic) bond motifs is 3. The van der Waals surface area contributed by atoms with Crippen LogP contribution in [0.4, 0.5) is 0 Å². The van der Waals surface area contributed by atoms with E-state index in [1.54, 1.807) is 0 Å². The molecule has 3 aliphatic heterocycles. The summed E-state index contributed by atoms with van der Waals surface area (Å²) in [6.07, 6.45) is 2.23. The van der Waals surface area contributed by atoms with Crippen molar-refractivity contribution in [2.24, 2.45) is 28.3 Å². The van der Waals surface area contributed by atoms with E-state index in [-0.39, 0.29) is 29.2 Å². The molecular formula is C31H35N5. The third-order valence-corrected chi connectivity index (χ3v) is 9.82. The Balaban J connectivity index is 1.65. The molecule has 5 nitrogen and oxygen atoms in total. The molecule has 2 aromatic rings. The second kappa shape index (κ2) is 7.67. The van der Waals surface area contributed by atoms with Crippen molar-refractivity contribution in [3.63, 3.8) is 0 Å². The van der Waals surface area contributed by atoms with Crippen molar-refractivity contribution in [3.8, 4) is 12.1 Å². The van der Waals surface area contributed by atoms with E-state index in [1.807, 2.05) is 5.01 Å². The molecule has 6 rings (SSSR count). The SMILES string of the molecule is Cc1ccc(C2=NN3C(C#N)(C#N)[C@@H](N4CCCC4)[C@H](C)[C@@]3(c3ccc(C)cc3)[C@H]3[C@@H]2C3(C)C)cc1. The van der Waals surface area contributed by atoms with Gasteiger partial charge in [0.05, 0.1) is 17.3 Å². The van der Waals surface area contributed by atoms with Crippen LogP contribution in [-0.2, 0) is 5.54 Å². The Kier molecular flexibility index (Phi) is 4.96. The van der Waals surface area contributed by atoms with E-state index in [2.05, 4.69) is 100 Å². The van der Waals surface area contributed by atoms with Crippen LogP contribution in [0, 0.1) is 59.7 Å². The van der Waals surface area contributed by atoms with E-state index in [9.17, 15) is 10.5 Å². The van der Waals surface area contributed by atoms with E-state index in [0.29, 0.717) is 0 Å². The highest BCUT2D eigenvalue weighted by Crippen LogP contribution is 2.75. The molecule has 3 heterocycles. The van der Waals surface area contributed by atoms with Crippen LogP contribution in [0.15, 0.2) is 53.6 Å². The smallest absolute Gasteiger partial charge is 0.246 e. The monoisotopic (exact) mass is 477 g/mol. The fraction of sp³-hybridized carbons (Fsp3) is 0.516. The summed E-state index contributed by atoms with van der Waals surface area (Å²) >= 11 is 0. The molecule has 1 saturated carbocycles. The minimum atomic E-state index is -1.35. The van der Waals surface area contributed by atoms with Gasteiger partial charge in [-0.2, -0.15) is 15.6 Å². The molecule has 0 aromatic heterocycles. The first kappa shape index (κ1) is 23.3. The largest absolute Gasteiger partial charge is 0.296 e. The molecule has 5 atom stereocenters. The van der Waals surface area contributed by atoms with Crippen LogP contribution >= 0.6 is 0 Å². The minimum Gasteiger partial charge on any atom is -0.296 e. The fourth-order valence-corrected chi connectivity index (χ4v) is 8.13. The van der Waals surface area contributed by atoms with Crippen molar-refractivity contribution >= 4 is 5.71 Å². The summed E-state index contributed by atoms with van der Waals surface area (Å²) < 4.78 is 0. The second-order valence-corrected chi connectivity index (χ2v) is 12.1. The number of aryl methyl sites for hydroxylation is 2. The van der Waals surface area contributed by atoms with E-state index >= 15 is 0 Å². The Bertz CT molecular complexity index is 1290. The molecule has 2 saturated heterocycles. The van der Waals surface area contributed by atoms with Gasteiger partial charge in [0.2, 0.25) is 5.54 Å². The third-order valence-electron chi connectivity index (χ3n) is 9.82. The lowest BCUT2D eigenvalue weighted by atomic mass is 9.71. The Morgan fingerprint density at radius 1 is 0.889 bits per heavy atom. The fourth-order valence-electron chi connectivity index (χ4n) is 8.13. The summed E-state index contributed by atoms with van der Waals surface area (Å²) in [6.45, 7) is 13.1. The summed E-state index contributed by atoms with van der Waals surface area (Å²) in [5, 5.41) is 29.0. The quantitative estimate of drug-likeness (QED) is 0.594. The topological polar surface area (TPSA) is 66.4 Å². The van der Waals surface area contributed by atoms with Gasteiger partial charge >= 0.3 is 0 Å². The Hall–Kier alpha value is -3.15. The average Bonchev–Trinajstić information content (AvgIpc) is 3.19. The van der Waals surface area contributed by atoms with E-state index < -0.39 is 11.1 Å². The zero-order chi connectivity index (χ0) is 25.5. The molecule has 3 fully saturated rings. The normalized spacial score (nSPS) is 33.8. The summed E-state index contributed by atoms with van der Waals surface area (Å²) in [5.74, 6) is 0.591. The van der Waals surface area contributed by atoms with Crippen LogP contribution in [-0.4, -0.2) is 40.3 Å². The van der Waals surface area contributed by atoms with Crippen LogP contribution in [0.1, 0.15) is 55.9 Å². The predicted octanol–water partition coefficient (Wildman–Crippen LogP) is 5.39. The van der Waals surface area contributed by atoms with Crippen LogP contribution in [0.5, 0.6) is 0 Å². The van der Waals surface area contributed by atoms with Crippen LogP contribution in [0.25, 0.3) is 0 Å². The molecule has 184 valence electrons. The molecule has 36 heavy (non-hydrogen) atoms. The molecule has 0 radical (unpaired) electrons. The molecule has 4 aliphatic rings. The number of rotatable bonds is 3. The zero-order valence-electron chi connectivity index (χ0n) is 22.0. The van der Waals surface area contributed by atoms with Crippen molar-refractivity contribution in [1.29, 1.82) is 10.5 Å². The zero-order valence-corrected chi connectivity index (χ0v) is 22.0. The first-order valence-electron chi connectivity index (χ1n) is 13.3.